The Morgan fingerprint density at radius 2 is 0.762 bits per heavy atom. The lowest BCUT2D eigenvalue weighted by Crippen LogP contribution is -2.10. The van der Waals surface area contributed by atoms with E-state index in [1.807, 2.05) is 60.7 Å². The second kappa shape index (κ2) is 15.1. The van der Waals surface area contributed by atoms with Gasteiger partial charge in [0.2, 0.25) is 0 Å². The van der Waals surface area contributed by atoms with Gasteiger partial charge >= 0.3 is 0 Å². The van der Waals surface area contributed by atoms with Gasteiger partial charge in [0.25, 0.3) is 0 Å². The summed E-state index contributed by atoms with van der Waals surface area (Å²) in [6.07, 6.45) is 0. The minimum absolute atomic E-state index is 0.577. The van der Waals surface area contributed by atoms with Crippen LogP contribution in [0.4, 0.5) is 17.1 Å². The van der Waals surface area contributed by atoms with Gasteiger partial charge in [0, 0.05) is 60.9 Å². The number of benzene rings is 9. The standard InChI is InChI=1S/C58H39N5/c1-38-25-30-54-50(33-38)51-34-39(2)26-31-55(51)63(54)58-49(46-22-12-10-16-41(46)37-60)29-28-48(45-21-11-9-15-40(45)36-59)57(58)62-53-24-14-13-23-47(53)52-35-44(27-32-56(52)62)61(42-17-5-3-6-18-42)43-19-7-4-8-20-43/h3-35H,1-2H3. The van der Waals surface area contributed by atoms with Crippen molar-refractivity contribution in [1.82, 2.24) is 9.13 Å². The maximum absolute atomic E-state index is 10.7. The first-order valence-corrected chi connectivity index (χ1v) is 21.1. The fourth-order valence-corrected chi connectivity index (χ4v) is 9.53. The Kier molecular flexibility index (Phi) is 8.97. The lowest BCUT2D eigenvalue weighted by Gasteiger charge is -2.26. The number of para-hydroxylation sites is 3. The van der Waals surface area contributed by atoms with Crippen LogP contribution in [0.25, 0.3) is 77.2 Å². The Balaban J connectivity index is 1.34. The summed E-state index contributed by atoms with van der Waals surface area (Å²) in [5.74, 6) is 0. The predicted molar refractivity (Wildman–Crippen MR) is 260 cm³/mol. The smallest absolute Gasteiger partial charge is 0.0998 e. The van der Waals surface area contributed by atoms with Crippen molar-refractivity contribution in [3.8, 4) is 45.8 Å². The average Bonchev–Trinajstić information content (AvgIpc) is 3.83. The van der Waals surface area contributed by atoms with Crippen LogP contribution in [0.1, 0.15) is 22.3 Å². The van der Waals surface area contributed by atoms with Crippen LogP contribution in [-0.4, -0.2) is 9.13 Å². The number of fused-ring (bicyclic) bond motifs is 6. The molecule has 9 aromatic carbocycles. The van der Waals surface area contributed by atoms with E-state index in [9.17, 15) is 10.5 Å². The van der Waals surface area contributed by atoms with E-state index in [0.29, 0.717) is 11.1 Å². The maximum Gasteiger partial charge on any atom is 0.0998 e. The van der Waals surface area contributed by atoms with E-state index < -0.39 is 0 Å². The number of hydrogen-bond acceptors (Lipinski definition) is 3. The molecule has 296 valence electrons. The largest absolute Gasteiger partial charge is 0.310 e. The molecule has 11 rings (SSSR count). The number of anilines is 3. The van der Waals surface area contributed by atoms with Crippen LogP contribution in [0.15, 0.2) is 200 Å². The molecule has 0 aliphatic heterocycles. The van der Waals surface area contributed by atoms with E-state index in [0.717, 1.165) is 94.3 Å². The van der Waals surface area contributed by atoms with Crippen LogP contribution in [0.5, 0.6) is 0 Å². The zero-order valence-corrected chi connectivity index (χ0v) is 34.8. The van der Waals surface area contributed by atoms with E-state index in [1.165, 1.54) is 11.1 Å². The summed E-state index contributed by atoms with van der Waals surface area (Å²) in [6, 6.07) is 74.7. The molecule has 0 N–H and O–H groups in total. The summed E-state index contributed by atoms with van der Waals surface area (Å²) in [4.78, 5) is 2.30. The van der Waals surface area contributed by atoms with Gasteiger partial charge in [-0.15, -0.1) is 0 Å². The minimum Gasteiger partial charge on any atom is -0.310 e. The number of aryl methyl sites for hydroxylation is 2. The van der Waals surface area contributed by atoms with Gasteiger partial charge in [-0.3, -0.25) is 0 Å². The van der Waals surface area contributed by atoms with Gasteiger partial charge in [-0.1, -0.05) is 126 Å². The molecule has 11 aromatic rings. The van der Waals surface area contributed by atoms with Gasteiger partial charge in [-0.2, -0.15) is 10.5 Å². The first kappa shape index (κ1) is 37.4. The van der Waals surface area contributed by atoms with Crippen LogP contribution in [0.3, 0.4) is 0 Å². The number of nitrogens with zero attached hydrogens (tertiary/aromatic N) is 5. The minimum atomic E-state index is 0.577. The highest BCUT2D eigenvalue weighted by molar-refractivity contribution is 6.14. The Labute approximate surface area is 365 Å². The SMILES string of the molecule is Cc1ccc2c(c1)c1cc(C)ccc1n2-c1c(-c2ccccc2C#N)ccc(-c2ccccc2C#N)c1-n1c2ccccc2c2cc(N(c3ccccc3)c3ccccc3)ccc21. The molecule has 5 heteroatoms. The molecule has 0 aliphatic rings. The topological polar surface area (TPSA) is 60.7 Å². The van der Waals surface area contributed by atoms with Crippen molar-refractivity contribution in [2.45, 2.75) is 13.8 Å². The molecule has 63 heavy (non-hydrogen) atoms. The molecule has 0 unspecified atom stereocenters. The molecular weight excluding hydrogens is 767 g/mol. The van der Waals surface area contributed by atoms with Crippen molar-refractivity contribution < 1.29 is 0 Å². The van der Waals surface area contributed by atoms with E-state index in [4.69, 9.17) is 0 Å². The van der Waals surface area contributed by atoms with Crippen LogP contribution in [-0.2, 0) is 0 Å². The number of hydrogen-bond donors (Lipinski definition) is 0. The summed E-state index contributed by atoms with van der Waals surface area (Å²) in [5, 5.41) is 25.9. The summed E-state index contributed by atoms with van der Waals surface area (Å²) < 4.78 is 4.78. The fraction of sp³-hybridized carbons (Fsp3) is 0.0345. The number of nitriles is 2. The summed E-state index contributed by atoms with van der Waals surface area (Å²) in [5.41, 5.74) is 16.1. The molecule has 0 amide bonds. The second-order valence-electron chi connectivity index (χ2n) is 16.1. The van der Waals surface area contributed by atoms with Crippen molar-refractivity contribution in [1.29, 1.82) is 10.5 Å². The normalized spacial score (nSPS) is 11.3. The highest BCUT2D eigenvalue weighted by Gasteiger charge is 2.28. The highest BCUT2D eigenvalue weighted by atomic mass is 15.1. The van der Waals surface area contributed by atoms with Crippen LogP contribution >= 0.6 is 0 Å². The molecule has 0 spiro atoms. The van der Waals surface area contributed by atoms with E-state index in [2.05, 4.69) is 180 Å². The Morgan fingerprint density at radius 1 is 0.349 bits per heavy atom. The van der Waals surface area contributed by atoms with Crippen LogP contribution in [0, 0.1) is 36.5 Å². The lowest BCUT2D eigenvalue weighted by molar-refractivity contribution is 1.10. The summed E-state index contributed by atoms with van der Waals surface area (Å²) in [6.45, 7) is 4.28. The molecule has 0 saturated heterocycles. The Bertz CT molecular complexity index is 3570. The van der Waals surface area contributed by atoms with Crippen molar-refractivity contribution in [2.75, 3.05) is 4.90 Å². The van der Waals surface area contributed by atoms with Crippen molar-refractivity contribution in [2.24, 2.45) is 0 Å². The van der Waals surface area contributed by atoms with Gasteiger partial charge < -0.3 is 14.0 Å². The maximum atomic E-state index is 10.7. The first-order chi connectivity index (χ1) is 31.0. The fourth-order valence-electron chi connectivity index (χ4n) is 9.53. The third kappa shape index (κ3) is 6.06. The Morgan fingerprint density at radius 3 is 1.27 bits per heavy atom. The third-order valence-corrected chi connectivity index (χ3v) is 12.3. The van der Waals surface area contributed by atoms with Crippen LogP contribution < -0.4 is 4.90 Å². The molecule has 2 heterocycles. The van der Waals surface area contributed by atoms with Gasteiger partial charge in [0.1, 0.15) is 0 Å². The van der Waals surface area contributed by atoms with Crippen molar-refractivity contribution >= 4 is 60.7 Å². The van der Waals surface area contributed by atoms with Gasteiger partial charge in [-0.25, -0.2) is 0 Å². The van der Waals surface area contributed by atoms with Gasteiger partial charge in [-0.05, 0) is 98.8 Å². The molecule has 0 atom stereocenters. The first-order valence-electron chi connectivity index (χ1n) is 21.1. The lowest BCUT2D eigenvalue weighted by atomic mass is 9.91. The number of rotatable bonds is 7. The van der Waals surface area contributed by atoms with Gasteiger partial charge in [0.15, 0.2) is 0 Å². The summed E-state index contributed by atoms with van der Waals surface area (Å²) >= 11 is 0. The molecule has 0 bridgehead atoms. The van der Waals surface area contributed by atoms with E-state index >= 15 is 0 Å². The molecule has 0 radical (unpaired) electrons. The molecule has 5 nitrogen and oxygen atoms in total. The predicted octanol–water partition coefficient (Wildman–Crippen LogP) is 15.0. The summed E-state index contributed by atoms with van der Waals surface area (Å²) in [7, 11) is 0. The monoisotopic (exact) mass is 805 g/mol. The molecule has 0 saturated carbocycles. The van der Waals surface area contributed by atoms with Gasteiger partial charge in [0.05, 0.1) is 56.7 Å². The average molecular weight is 806 g/mol. The molecular formula is C58H39N5. The molecule has 2 aromatic heterocycles. The van der Waals surface area contributed by atoms with Crippen molar-refractivity contribution in [3.05, 3.63) is 222 Å². The van der Waals surface area contributed by atoms with Crippen LogP contribution in [0.2, 0.25) is 0 Å². The van der Waals surface area contributed by atoms with Crippen molar-refractivity contribution in [3.63, 3.8) is 0 Å². The highest BCUT2D eigenvalue weighted by Crippen LogP contribution is 2.48. The van der Waals surface area contributed by atoms with E-state index in [-0.39, 0.29) is 0 Å². The third-order valence-electron chi connectivity index (χ3n) is 12.3. The van der Waals surface area contributed by atoms with E-state index in [1.54, 1.807) is 0 Å². The molecule has 0 aliphatic carbocycles. The number of aromatic nitrogens is 2. The quantitative estimate of drug-likeness (QED) is 0.161. The Hall–Kier alpha value is -8.64. The molecule has 0 fully saturated rings. The second-order valence-corrected chi connectivity index (χ2v) is 16.1. The zero-order valence-electron chi connectivity index (χ0n) is 34.8. The zero-order chi connectivity index (χ0) is 42.6.